The van der Waals surface area contributed by atoms with Crippen LogP contribution in [0, 0.1) is 0 Å². The number of piperidine rings is 1. The summed E-state index contributed by atoms with van der Waals surface area (Å²) in [5.74, 6) is 0.976. The summed E-state index contributed by atoms with van der Waals surface area (Å²) < 4.78 is 6.09. The van der Waals surface area contributed by atoms with E-state index < -0.39 is 0 Å². The quantitative estimate of drug-likeness (QED) is 0.160. The van der Waals surface area contributed by atoms with Crippen molar-refractivity contribution in [2.45, 2.75) is 108 Å². The molecule has 1 saturated heterocycles. The Morgan fingerprint density at radius 1 is 0.897 bits per heavy atom. The highest BCUT2D eigenvalue weighted by molar-refractivity contribution is 14.0. The van der Waals surface area contributed by atoms with Crippen molar-refractivity contribution < 1.29 is 4.74 Å². The smallest absolute Gasteiger partial charge is 0.191 e. The predicted octanol–water partition coefficient (Wildman–Crippen LogP) is 4.70. The molecule has 0 unspecified atom stereocenters. The van der Waals surface area contributed by atoms with E-state index in [-0.39, 0.29) is 24.0 Å². The molecule has 0 bridgehead atoms. The first kappa shape index (κ1) is 25.2. The molecule has 1 heterocycles. The molecular formula is C23H45IN4O. The Labute approximate surface area is 196 Å². The van der Waals surface area contributed by atoms with Crippen LogP contribution in [0.5, 0.6) is 0 Å². The van der Waals surface area contributed by atoms with Crippen molar-refractivity contribution >= 4 is 29.9 Å². The standard InChI is InChI=1S/C23H44N4O.HI/c1-24-23(25-16-8-9-19-28-22-12-4-2-3-5-13-22)26-20-14-17-27(18-15-20)21-10-6-7-11-21;/h20-22H,2-19H2,1H3,(H2,24,25,26);1H. The molecule has 5 nitrogen and oxygen atoms in total. The number of ether oxygens (including phenoxy) is 1. The van der Waals surface area contributed by atoms with Gasteiger partial charge in [0.05, 0.1) is 6.10 Å². The van der Waals surface area contributed by atoms with E-state index in [4.69, 9.17) is 4.74 Å². The fourth-order valence-corrected chi connectivity index (χ4v) is 5.16. The molecule has 3 rings (SSSR count). The maximum atomic E-state index is 6.09. The SMILES string of the molecule is CN=C(NCCCCOC1CCCCCC1)NC1CCN(C2CCCC2)CC1.I. The highest BCUT2D eigenvalue weighted by Crippen LogP contribution is 2.26. The maximum absolute atomic E-state index is 6.09. The lowest BCUT2D eigenvalue weighted by Crippen LogP contribution is -2.50. The molecule has 0 radical (unpaired) electrons. The van der Waals surface area contributed by atoms with Gasteiger partial charge in [-0.2, -0.15) is 0 Å². The van der Waals surface area contributed by atoms with Gasteiger partial charge in [-0.05, 0) is 51.4 Å². The second-order valence-electron chi connectivity index (χ2n) is 9.08. The molecular weight excluding hydrogens is 475 g/mol. The van der Waals surface area contributed by atoms with E-state index in [1.165, 1.54) is 90.1 Å². The zero-order valence-electron chi connectivity index (χ0n) is 18.7. The monoisotopic (exact) mass is 520 g/mol. The lowest BCUT2D eigenvalue weighted by atomic mass is 10.0. The van der Waals surface area contributed by atoms with Crippen molar-refractivity contribution in [3.8, 4) is 0 Å². The molecule has 0 amide bonds. The number of hydrogen-bond donors (Lipinski definition) is 2. The number of guanidine groups is 1. The Balaban J connectivity index is 0.00000300. The minimum Gasteiger partial charge on any atom is -0.378 e. The van der Waals surface area contributed by atoms with Crippen LogP contribution in [-0.4, -0.2) is 62.3 Å². The first-order valence-electron chi connectivity index (χ1n) is 12.2. The van der Waals surface area contributed by atoms with Crippen LogP contribution < -0.4 is 10.6 Å². The van der Waals surface area contributed by atoms with Gasteiger partial charge in [0, 0.05) is 45.4 Å². The van der Waals surface area contributed by atoms with Crippen molar-refractivity contribution in [1.82, 2.24) is 15.5 Å². The normalized spacial score (nSPS) is 23.6. The molecule has 0 spiro atoms. The zero-order valence-corrected chi connectivity index (χ0v) is 21.0. The van der Waals surface area contributed by atoms with Crippen molar-refractivity contribution in [1.29, 1.82) is 0 Å². The summed E-state index contributed by atoms with van der Waals surface area (Å²) in [5.41, 5.74) is 0. The van der Waals surface area contributed by atoms with Crippen LogP contribution in [0.25, 0.3) is 0 Å². The summed E-state index contributed by atoms with van der Waals surface area (Å²) in [4.78, 5) is 7.16. The molecule has 2 saturated carbocycles. The Bertz CT molecular complexity index is 440. The minimum absolute atomic E-state index is 0. The third-order valence-corrected chi connectivity index (χ3v) is 6.95. The fraction of sp³-hybridized carbons (Fsp3) is 0.957. The van der Waals surface area contributed by atoms with Gasteiger partial charge in [-0.1, -0.05) is 38.5 Å². The van der Waals surface area contributed by atoms with Crippen LogP contribution in [0.15, 0.2) is 4.99 Å². The third kappa shape index (κ3) is 9.30. The molecule has 0 aromatic carbocycles. The van der Waals surface area contributed by atoms with Crippen molar-refractivity contribution in [3.63, 3.8) is 0 Å². The van der Waals surface area contributed by atoms with Crippen LogP contribution in [0.1, 0.15) is 89.9 Å². The average molecular weight is 521 g/mol. The molecule has 0 aromatic rings. The van der Waals surface area contributed by atoms with Crippen LogP contribution in [-0.2, 0) is 4.74 Å². The summed E-state index contributed by atoms with van der Waals surface area (Å²) in [6, 6.07) is 1.45. The van der Waals surface area contributed by atoms with E-state index in [1.807, 2.05) is 7.05 Å². The first-order valence-corrected chi connectivity index (χ1v) is 12.2. The number of hydrogen-bond acceptors (Lipinski definition) is 3. The third-order valence-electron chi connectivity index (χ3n) is 6.95. The van der Waals surface area contributed by atoms with Crippen LogP contribution in [0.2, 0.25) is 0 Å². The van der Waals surface area contributed by atoms with Gasteiger partial charge in [0.2, 0.25) is 0 Å². The molecule has 29 heavy (non-hydrogen) atoms. The second kappa shape index (κ2) is 14.8. The summed E-state index contributed by atoms with van der Waals surface area (Å²) in [5, 5.41) is 7.15. The van der Waals surface area contributed by atoms with E-state index in [0.717, 1.165) is 38.0 Å². The van der Waals surface area contributed by atoms with Crippen LogP contribution >= 0.6 is 24.0 Å². The van der Waals surface area contributed by atoms with E-state index in [1.54, 1.807) is 0 Å². The number of likely N-dealkylation sites (tertiary alicyclic amines) is 1. The maximum Gasteiger partial charge on any atom is 0.191 e. The van der Waals surface area contributed by atoms with Gasteiger partial charge in [-0.25, -0.2) is 0 Å². The van der Waals surface area contributed by atoms with Gasteiger partial charge in [0.1, 0.15) is 0 Å². The lowest BCUT2D eigenvalue weighted by Gasteiger charge is -2.36. The Kier molecular flexibility index (Phi) is 12.9. The summed E-state index contributed by atoms with van der Waals surface area (Å²) in [6.07, 6.45) is 19.1. The number of nitrogens with zero attached hydrogens (tertiary/aromatic N) is 2. The minimum atomic E-state index is 0. The van der Waals surface area contributed by atoms with Gasteiger partial charge >= 0.3 is 0 Å². The zero-order chi connectivity index (χ0) is 19.4. The molecule has 170 valence electrons. The summed E-state index contributed by atoms with van der Waals surface area (Å²) >= 11 is 0. The van der Waals surface area contributed by atoms with E-state index >= 15 is 0 Å². The molecule has 2 aliphatic carbocycles. The Hall–Kier alpha value is -0.0800. The Morgan fingerprint density at radius 3 is 2.21 bits per heavy atom. The van der Waals surface area contributed by atoms with E-state index in [2.05, 4.69) is 20.5 Å². The van der Waals surface area contributed by atoms with Crippen molar-refractivity contribution in [3.05, 3.63) is 0 Å². The van der Waals surface area contributed by atoms with E-state index in [0.29, 0.717) is 12.1 Å². The van der Waals surface area contributed by atoms with E-state index in [9.17, 15) is 0 Å². The topological polar surface area (TPSA) is 48.9 Å². The van der Waals surface area contributed by atoms with Crippen LogP contribution in [0.4, 0.5) is 0 Å². The molecule has 2 N–H and O–H groups in total. The lowest BCUT2D eigenvalue weighted by molar-refractivity contribution is 0.0411. The molecule has 3 aliphatic rings. The highest BCUT2D eigenvalue weighted by Gasteiger charge is 2.27. The second-order valence-corrected chi connectivity index (χ2v) is 9.08. The molecule has 1 aliphatic heterocycles. The van der Waals surface area contributed by atoms with Gasteiger partial charge in [0.25, 0.3) is 0 Å². The fourth-order valence-electron chi connectivity index (χ4n) is 5.16. The van der Waals surface area contributed by atoms with Crippen molar-refractivity contribution in [2.24, 2.45) is 4.99 Å². The van der Waals surface area contributed by atoms with Gasteiger partial charge in [0.15, 0.2) is 5.96 Å². The first-order chi connectivity index (χ1) is 13.8. The molecule has 0 atom stereocenters. The average Bonchev–Trinajstić information content (AvgIpc) is 3.14. The van der Waals surface area contributed by atoms with Crippen molar-refractivity contribution in [2.75, 3.05) is 33.3 Å². The largest absolute Gasteiger partial charge is 0.378 e. The van der Waals surface area contributed by atoms with Crippen LogP contribution in [0.3, 0.4) is 0 Å². The van der Waals surface area contributed by atoms with Gasteiger partial charge in [-0.15, -0.1) is 24.0 Å². The summed E-state index contributed by atoms with van der Waals surface area (Å²) in [6.45, 7) is 4.39. The molecule has 3 fully saturated rings. The number of aliphatic imine (C=N–C) groups is 1. The van der Waals surface area contributed by atoms with Gasteiger partial charge in [-0.3, -0.25) is 4.99 Å². The number of rotatable bonds is 8. The predicted molar refractivity (Wildman–Crippen MR) is 133 cm³/mol. The number of halogens is 1. The summed E-state index contributed by atoms with van der Waals surface area (Å²) in [7, 11) is 1.89. The number of unbranched alkanes of at least 4 members (excludes halogenated alkanes) is 1. The Morgan fingerprint density at radius 2 is 1.55 bits per heavy atom. The van der Waals surface area contributed by atoms with Gasteiger partial charge < -0.3 is 20.3 Å². The number of nitrogens with one attached hydrogen (secondary N) is 2. The highest BCUT2D eigenvalue weighted by atomic mass is 127. The molecule has 6 heteroatoms. The molecule has 0 aromatic heterocycles.